The van der Waals surface area contributed by atoms with E-state index in [-0.39, 0.29) is 0 Å². The van der Waals surface area contributed by atoms with E-state index in [2.05, 4.69) is 4.98 Å². The van der Waals surface area contributed by atoms with Crippen molar-refractivity contribution in [3.63, 3.8) is 0 Å². The Kier molecular flexibility index (Phi) is 4.98. The number of hydrogen-bond donors (Lipinski definition) is 1. The van der Waals surface area contributed by atoms with Crippen LogP contribution in [-0.4, -0.2) is 24.3 Å². The van der Waals surface area contributed by atoms with E-state index in [4.69, 9.17) is 9.47 Å². The molecule has 114 valence electrons. The highest BCUT2D eigenvalue weighted by Crippen LogP contribution is 2.32. The van der Waals surface area contributed by atoms with E-state index in [1.165, 1.54) is 11.3 Å². The van der Waals surface area contributed by atoms with Gasteiger partial charge in [0.05, 0.1) is 34.9 Å². The molecule has 0 saturated carbocycles. The molecule has 0 bridgehead atoms. The molecule has 2 aromatic rings. The second-order valence-electron chi connectivity index (χ2n) is 5.36. The average Bonchev–Trinajstić information content (AvgIpc) is 2.83. The Balaban J connectivity index is 2.32. The van der Waals surface area contributed by atoms with Crippen LogP contribution >= 0.6 is 11.3 Å². The molecular weight excluding hydrogens is 286 g/mol. The molecule has 21 heavy (non-hydrogen) atoms. The standard InChI is InChI=1S/C16H21NO3S/c1-16(2,18)15-12(10-19-3)17-14(21-15)9-11-7-5-6-8-13(11)20-4/h5-8,18H,9-10H2,1-4H3. The van der Waals surface area contributed by atoms with Crippen molar-refractivity contribution in [2.45, 2.75) is 32.5 Å². The van der Waals surface area contributed by atoms with Crippen LogP contribution in [0.5, 0.6) is 5.75 Å². The van der Waals surface area contributed by atoms with Crippen LogP contribution in [0.25, 0.3) is 0 Å². The Bertz CT molecular complexity index is 602. The van der Waals surface area contributed by atoms with Crippen molar-refractivity contribution >= 4 is 11.3 Å². The van der Waals surface area contributed by atoms with Crippen LogP contribution in [0, 0.1) is 0 Å². The fraction of sp³-hybridized carbons (Fsp3) is 0.438. The number of ether oxygens (including phenoxy) is 2. The van der Waals surface area contributed by atoms with E-state index >= 15 is 0 Å². The molecule has 0 fully saturated rings. The summed E-state index contributed by atoms with van der Waals surface area (Å²) in [6.45, 7) is 3.95. The largest absolute Gasteiger partial charge is 0.496 e. The number of hydrogen-bond acceptors (Lipinski definition) is 5. The topological polar surface area (TPSA) is 51.6 Å². The minimum absolute atomic E-state index is 0.405. The zero-order valence-corrected chi connectivity index (χ0v) is 13.7. The van der Waals surface area contributed by atoms with E-state index in [1.54, 1.807) is 28.1 Å². The zero-order chi connectivity index (χ0) is 15.5. The van der Waals surface area contributed by atoms with Crippen molar-refractivity contribution in [2.75, 3.05) is 14.2 Å². The molecule has 1 N–H and O–H groups in total. The molecule has 0 aliphatic carbocycles. The summed E-state index contributed by atoms with van der Waals surface area (Å²) in [6, 6.07) is 7.90. The SMILES string of the molecule is COCc1nc(Cc2ccccc2OC)sc1C(C)(C)O. The number of rotatable bonds is 6. The van der Waals surface area contributed by atoms with Crippen molar-refractivity contribution in [1.29, 1.82) is 0 Å². The van der Waals surface area contributed by atoms with Crippen LogP contribution in [0.3, 0.4) is 0 Å². The first-order valence-electron chi connectivity index (χ1n) is 6.78. The summed E-state index contributed by atoms with van der Waals surface area (Å²) in [7, 11) is 3.30. The third kappa shape index (κ3) is 3.81. The highest BCUT2D eigenvalue weighted by molar-refractivity contribution is 7.11. The lowest BCUT2D eigenvalue weighted by Crippen LogP contribution is -2.16. The second-order valence-corrected chi connectivity index (χ2v) is 6.45. The van der Waals surface area contributed by atoms with Gasteiger partial charge in [-0.15, -0.1) is 11.3 Å². The molecule has 1 aromatic carbocycles. The molecule has 0 saturated heterocycles. The molecule has 2 rings (SSSR count). The second kappa shape index (κ2) is 6.56. The maximum Gasteiger partial charge on any atom is 0.122 e. The fourth-order valence-electron chi connectivity index (χ4n) is 2.20. The van der Waals surface area contributed by atoms with E-state index in [1.807, 2.05) is 24.3 Å². The minimum Gasteiger partial charge on any atom is -0.496 e. The fourth-order valence-corrected chi connectivity index (χ4v) is 3.29. The first-order valence-corrected chi connectivity index (χ1v) is 7.59. The van der Waals surface area contributed by atoms with Gasteiger partial charge in [-0.3, -0.25) is 0 Å². The van der Waals surface area contributed by atoms with Gasteiger partial charge in [-0.1, -0.05) is 18.2 Å². The average molecular weight is 307 g/mol. The number of thiazole rings is 1. The van der Waals surface area contributed by atoms with E-state index in [0.29, 0.717) is 13.0 Å². The van der Waals surface area contributed by atoms with Gasteiger partial charge in [-0.2, -0.15) is 0 Å². The van der Waals surface area contributed by atoms with Gasteiger partial charge in [-0.05, 0) is 19.9 Å². The Morgan fingerprint density at radius 1 is 1.24 bits per heavy atom. The van der Waals surface area contributed by atoms with Gasteiger partial charge in [0.25, 0.3) is 0 Å². The van der Waals surface area contributed by atoms with Gasteiger partial charge in [0.15, 0.2) is 0 Å². The molecule has 0 amide bonds. The van der Waals surface area contributed by atoms with Crippen molar-refractivity contribution in [3.8, 4) is 5.75 Å². The quantitative estimate of drug-likeness (QED) is 0.891. The third-order valence-electron chi connectivity index (χ3n) is 3.11. The van der Waals surface area contributed by atoms with Crippen molar-refractivity contribution in [1.82, 2.24) is 4.98 Å². The molecule has 5 heteroatoms. The van der Waals surface area contributed by atoms with Gasteiger partial charge in [-0.25, -0.2) is 4.98 Å². The van der Waals surface area contributed by atoms with Crippen LogP contribution < -0.4 is 4.74 Å². The summed E-state index contributed by atoms with van der Waals surface area (Å²) in [5, 5.41) is 11.2. The van der Waals surface area contributed by atoms with E-state index in [0.717, 1.165) is 26.9 Å². The lowest BCUT2D eigenvalue weighted by molar-refractivity contribution is 0.0782. The highest BCUT2D eigenvalue weighted by atomic mass is 32.1. The molecule has 1 heterocycles. The normalized spacial score (nSPS) is 11.7. The van der Waals surface area contributed by atoms with E-state index in [9.17, 15) is 5.11 Å². The van der Waals surface area contributed by atoms with Gasteiger partial charge < -0.3 is 14.6 Å². The first-order chi connectivity index (χ1) is 9.95. The molecule has 0 atom stereocenters. The highest BCUT2D eigenvalue weighted by Gasteiger charge is 2.25. The van der Waals surface area contributed by atoms with Crippen LogP contribution in [-0.2, 0) is 23.4 Å². The lowest BCUT2D eigenvalue weighted by Gasteiger charge is -2.16. The molecule has 0 spiro atoms. The van der Waals surface area contributed by atoms with Crippen LogP contribution in [0.1, 0.15) is 35.0 Å². The van der Waals surface area contributed by atoms with Crippen LogP contribution in [0.4, 0.5) is 0 Å². The zero-order valence-electron chi connectivity index (χ0n) is 12.8. The third-order valence-corrected chi connectivity index (χ3v) is 4.52. The molecule has 0 radical (unpaired) electrons. The van der Waals surface area contributed by atoms with Crippen molar-refractivity contribution in [2.24, 2.45) is 0 Å². The molecule has 0 unspecified atom stereocenters. The Labute approximate surface area is 129 Å². The van der Waals surface area contributed by atoms with Crippen LogP contribution in [0.15, 0.2) is 24.3 Å². The molecule has 4 nitrogen and oxygen atoms in total. The summed E-state index contributed by atoms with van der Waals surface area (Å²) in [4.78, 5) is 5.47. The van der Waals surface area contributed by atoms with E-state index < -0.39 is 5.60 Å². The minimum atomic E-state index is -0.912. The van der Waals surface area contributed by atoms with Crippen molar-refractivity contribution < 1.29 is 14.6 Å². The predicted molar refractivity (Wildman–Crippen MR) is 83.9 cm³/mol. The Morgan fingerprint density at radius 2 is 1.95 bits per heavy atom. The Morgan fingerprint density at radius 3 is 2.57 bits per heavy atom. The summed E-state index contributed by atoms with van der Waals surface area (Å²) in [6.07, 6.45) is 0.682. The van der Waals surface area contributed by atoms with Gasteiger partial charge in [0.1, 0.15) is 5.75 Å². The summed E-state index contributed by atoms with van der Waals surface area (Å²) in [5.41, 5.74) is 0.977. The van der Waals surface area contributed by atoms with Crippen LogP contribution in [0.2, 0.25) is 0 Å². The smallest absolute Gasteiger partial charge is 0.122 e. The molecular formula is C16H21NO3S. The number of para-hydroxylation sites is 1. The lowest BCUT2D eigenvalue weighted by atomic mass is 10.1. The first kappa shape index (κ1) is 15.9. The summed E-state index contributed by atoms with van der Waals surface area (Å²) in [5.74, 6) is 0.853. The van der Waals surface area contributed by atoms with Gasteiger partial charge >= 0.3 is 0 Å². The molecule has 1 aromatic heterocycles. The number of methoxy groups -OCH3 is 2. The van der Waals surface area contributed by atoms with Gasteiger partial charge in [0.2, 0.25) is 0 Å². The number of benzene rings is 1. The van der Waals surface area contributed by atoms with Crippen molar-refractivity contribution in [3.05, 3.63) is 45.4 Å². The molecule has 0 aliphatic heterocycles. The summed E-state index contributed by atoms with van der Waals surface area (Å²) >= 11 is 1.52. The van der Waals surface area contributed by atoms with Gasteiger partial charge in [0, 0.05) is 19.1 Å². The number of aliphatic hydroxyl groups is 1. The number of nitrogens with zero attached hydrogens (tertiary/aromatic N) is 1. The maximum absolute atomic E-state index is 10.3. The maximum atomic E-state index is 10.3. The number of aromatic nitrogens is 1. The predicted octanol–water partition coefficient (Wildman–Crippen LogP) is 3.12. The Hall–Kier alpha value is -1.43. The monoisotopic (exact) mass is 307 g/mol. The summed E-state index contributed by atoms with van der Waals surface area (Å²) < 4.78 is 10.6. The molecule has 0 aliphatic rings.